The van der Waals surface area contributed by atoms with Crippen LogP contribution in [0.2, 0.25) is 5.04 Å². The van der Waals surface area contributed by atoms with Crippen LogP contribution in [0.25, 0.3) is 0 Å². The highest BCUT2D eigenvalue weighted by Gasteiger charge is 2.59. The number of nitrogens with zero attached hydrogens (tertiary/aromatic N) is 1. The molecule has 3 rings (SSSR count). The van der Waals surface area contributed by atoms with Crippen LogP contribution < -0.4 is 10.4 Å². The molecule has 0 saturated carbocycles. The predicted molar refractivity (Wildman–Crippen MR) is 139 cm³/mol. The minimum absolute atomic E-state index is 0.106. The standard InChI is InChI=1S/C28H37NO4Si/c1-7-19-29-25(21(3)30)28(6,33-26(29)31)22(8-2)20-27(4,5)34(32,23-15-11-9-12-16-23)24-17-13-10-14-18-24/h7,9-18,22,25,32H,1,8,19-20H2,2-6H3/t22-,25+,28+/m0/s1. The molecule has 1 N–H and O–H groups in total. The van der Waals surface area contributed by atoms with E-state index in [0.717, 1.165) is 10.4 Å². The summed E-state index contributed by atoms with van der Waals surface area (Å²) in [5, 5.41) is 1.34. The molecule has 34 heavy (non-hydrogen) atoms. The van der Waals surface area contributed by atoms with Crippen LogP contribution in [0.5, 0.6) is 0 Å². The summed E-state index contributed by atoms with van der Waals surface area (Å²) in [6.45, 7) is 13.6. The molecule has 0 radical (unpaired) electrons. The van der Waals surface area contributed by atoms with Crippen molar-refractivity contribution in [1.29, 1.82) is 0 Å². The minimum atomic E-state index is -3.25. The number of amides is 1. The number of hydrogen-bond acceptors (Lipinski definition) is 4. The number of carbonyl (C=O) groups excluding carboxylic acids is 2. The van der Waals surface area contributed by atoms with Gasteiger partial charge in [-0.15, -0.1) is 6.58 Å². The average molecular weight is 480 g/mol. The Morgan fingerprint density at radius 3 is 2.09 bits per heavy atom. The number of benzene rings is 2. The van der Waals surface area contributed by atoms with Gasteiger partial charge in [0.2, 0.25) is 0 Å². The molecule has 1 fully saturated rings. The first-order chi connectivity index (χ1) is 16.0. The normalized spacial score (nSPS) is 21.8. The van der Waals surface area contributed by atoms with Gasteiger partial charge in [0.05, 0.1) is 0 Å². The Hall–Kier alpha value is -2.70. The van der Waals surface area contributed by atoms with Crippen LogP contribution in [0.4, 0.5) is 4.79 Å². The summed E-state index contributed by atoms with van der Waals surface area (Å²) in [7, 11) is -3.25. The van der Waals surface area contributed by atoms with Crippen molar-refractivity contribution in [3.63, 3.8) is 0 Å². The maximum Gasteiger partial charge on any atom is 0.411 e. The lowest BCUT2D eigenvalue weighted by Gasteiger charge is -2.46. The summed E-state index contributed by atoms with van der Waals surface area (Å²) in [4.78, 5) is 39.6. The Labute approximate surface area is 204 Å². The lowest BCUT2D eigenvalue weighted by atomic mass is 9.75. The van der Waals surface area contributed by atoms with Crippen molar-refractivity contribution in [3.8, 4) is 0 Å². The zero-order chi connectivity index (χ0) is 25.1. The molecule has 5 nitrogen and oxygen atoms in total. The van der Waals surface area contributed by atoms with Gasteiger partial charge in [0.1, 0.15) is 11.6 Å². The van der Waals surface area contributed by atoms with Gasteiger partial charge in [0.25, 0.3) is 8.32 Å². The fraction of sp³-hybridized carbons (Fsp3) is 0.429. The average Bonchev–Trinajstić information content (AvgIpc) is 3.08. The van der Waals surface area contributed by atoms with Crippen LogP contribution in [0, 0.1) is 5.92 Å². The van der Waals surface area contributed by atoms with Crippen LogP contribution in [0.1, 0.15) is 47.5 Å². The Bertz CT molecular complexity index is 984. The fourth-order valence-corrected chi connectivity index (χ4v) is 9.58. The van der Waals surface area contributed by atoms with Gasteiger partial charge in [-0.05, 0) is 42.1 Å². The van der Waals surface area contributed by atoms with Gasteiger partial charge in [-0.1, -0.05) is 87.5 Å². The zero-order valence-corrected chi connectivity index (χ0v) is 22.0. The number of hydrogen-bond donors (Lipinski definition) is 1. The molecule has 2 aromatic rings. The Morgan fingerprint density at radius 1 is 1.18 bits per heavy atom. The summed E-state index contributed by atoms with van der Waals surface area (Å²) < 4.78 is 5.96. The lowest BCUT2D eigenvalue weighted by Crippen LogP contribution is -2.66. The molecule has 1 amide bonds. The van der Waals surface area contributed by atoms with Crippen molar-refractivity contribution in [3.05, 3.63) is 73.3 Å². The van der Waals surface area contributed by atoms with E-state index in [1.54, 1.807) is 6.08 Å². The fourth-order valence-electron chi connectivity index (χ4n) is 5.79. The molecular formula is C28H37NO4Si. The van der Waals surface area contributed by atoms with E-state index in [2.05, 4.69) is 27.4 Å². The Kier molecular flexibility index (Phi) is 7.53. The second-order valence-electron chi connectivity index (χ2n) is 10.1. The van der Waals surface area contributed by atoms with Crippen LogP contribution in [0.15, 0.2) is 73.3 Å². The summed E-state index contributed by atoms with van der Waals surface area (Å²) in [6, 6.07) is 19.1. The Morgan fingerprint density at radius 2 is 1.68 bits per heavy atom. The Balaban J connectivity index is 2.07. The first-order valence-electron chi connectivity index (χ1n) is 12.0. The highest BCUT2D eigenvalue weighted by Crippen LogP contribution is 2.48. The van der Waals surface area contributed by atoms with E-state index in [1.165, 1.54) is 11.8 Å². The molecule has 0 aliphatic carbocycles. The highest BCUT2D eigenvalue weighted by molar-refractivity contribution is 6.98. The van der Waals surface area contributed by atoms with Crippen molar-refractivity contribution in [2.45, 2.75) is 64.1 Å². The molecule has 182 valence electrons. The number of ketones is 1. The summed E-state index contributed by atoms with van der Waals surface area (Å²) >= 11 is 0. The maximum atomic E-state index is 12.8. The summed E-state index contributed by atoms with van der Waals surface area (Å²) in [6.07, 6.45) is 2.42. The summed E-state index contributed by atoms with van der Waals surface area (Å²) in [5.74, 6) is -0.244. The third-order valence-electron chi connectivity index (χ3n) is 7.53. The number of rotatable bonds is 10. The molecule has 1 aliphatic heterocycles. The molecular weight excluding hydrogens is 442 g/mol. The van der Waals surface area contributed by atoms with Gasteiger partial charge in [-0.2, -0.15) is 0 Å². The third kappa shape index (κ3) is 4.37. The van der Waals surface area contributed by atoms with Crippen LogP contribution >= 0.6 is 0 Å². The third-order valence-corrected chi connectivity index (χ3v) is 12.0. The molecule has 0 unspecified atom stereocenters. The number of carbonyl (C=O) groups is 2. The molecule has 1 heterocycles. The highest BCUT2D eigenvalue weighted by atomic mass is 28.4. The molecule has 0 bridgehead atoms. The first-order valence-corrected chi connectivity index (χ1v) is 13.9. The molecule has 1 saturated heterocycles. The molecule has 3 atom stereocenters. The topological polar surface area (TPSA) is 66.8 Å². The van der Waals surface area contributed by atoms with Gasteiger partial charge in [0.15, 0.2) is 5.78 Å². The van der Waals surface area contributed by atoms with Crippen LogP contribution in [0.3, 0.4) is 0 Å². The monoisotopic (exact) mass is 479 g/mol. The SMILES string of the molecule is C=CCN1C(=O)O[C@](C)([C@@H](CC)CC(C)(C)[Si](O)(c2ccccc2)c2ccccc2)[C@H]1C(C)=O. The van der Waals surface area contributed by atoms with E-state index in [1.807, 2.05) is 67.6 Å². The molecule has 2 aromatic carbocycles. The van der Waals surface area contributed by atoms with Gasteiger partial charge in [-0.3, -0.25) is 9.69 Å². The quantitative estimate of drug-likeness (QED) is 0.408. The van der Waals surface area contributed by atoms with E-state index in [0.29, 0.717) is 12.8 Å². The number of ether oxygens (including phenoxy) is 1. The second-order valence-corrected chi connectivity index (χ2v) is 14.1. The van der Waals surface area contributed by atoms with Crippen LogP contribution in [-0.2, 0) is 9.53 Å². The molecule has 1 aliphatic rings. The van der Waals surface area contributed by atoms with E-state index in [-0.39, 0.29) is 18.2 Å². The van der Waals surface area contributed by atoms with E-state index < -0.39 is 31.1 Å². The maximum absolute atomic E-state index is 12.8. The number of cyclic esters (lactones) is 1. The van der Waals surface area contributed by atoms with Crippen molar-refractivity contribution in [2.75, 3.05) is 6.54 Å². The first kappa shape index (κ1) is 25.9. The predicted octanol–water partition coefficient (Wildman–Crippen LogP) is 4.29. The minimum Gasteiger partial charge on any atom is -0.440 e. The van der Waals surface area contributed by atoms with Gasteiger partial charge in [0, 0.05) is 12.5 Å². The van der Waals surface area contributed by atoms with Crippen LogP contribution in [-0.4, -0.2) is 48.1 Å². The summed E-state index contributed by atoms with van der Waals surface area (Å²) in [5.41, 5.74) is -0.999. The van der Waals surface area contributed by atoms with E-state index in [4.69, 9.17) is 4.74 Å². The largest absolute Gasteiger partial charge is 0.440 e. The van der Waals surface area contributed by atoms with Gasteiger partial charge in [-0.25, -0.2) is 4.79 Å². The van der Waals surface area contributed by atoms with E-state index in [9.17, 15) is 14.4 Å². The zero-order valence-electron chi connectivity index (χ0n) is 21.0. The lowest BCUT2D eigenvalue weighted by molar-refractivity contribution is -0.126. The van der Waals surface area contributed by atoms with Gasteiger partial charge >= 0.3 is 6.09 Å². The van der Waals surface area contributed by atoms with E-state index >= 15 is 0 Å². The van der Waals surface area contributed by atoms with Crippen molar-refractivity contribution >= 4 is 30.6 Å². The number of Topliss-reactive ketones (excluding diaryl/α,β-unsaturated/α-hetero) is 1. The van der Waals surface area contributed by atoms with Crippen molar-refractivity contribution in [1.82, 2.24) is 4.90 Å². The molecule has 0 spiro atoms. The van der Waals surface area contributed by atoms with Gasteiger partial charge < -0.3 is 9.53 Å². The second kappa shape index (κ2) is 9.88. The smallest absolute Gasteiger partial charge is 0.411 e. The molecule has 6 heteroatoms. The molecule has 0 aromatic heterocycles. The van der Waals surface area contributed by atoms with Crippen molar-refractivity contribution in [2.24, 2.45) is 5.92 Å². The van der Waals surface area contributed by atoms with Crippen molar-refractivity contribution < 1.29 is 19.1 Å².